The molecule has 2 aromatic rings. The highest BCUT2D eigenvalue weighted by Gasteiger charge is 2.13. The summed E-state index contributed by atoms with van der Waals surface area (Å²) in [5.74, 6) is 0. The molecule has 0 saturated carbocycles. The van der Waals surface area contributed by atoms with Crippen molar-refractivity contribution in [2.45, 2.75) is 19.9 Å². The molecule has 3 heteroatoms. The average molecular weight is 227 g/mol. The van der Waals surface area contributed by atoms with Gasteiger partial charge >= 0.3 is 0 Å². The summed E-state index contributed by atoms with van der Waals surface area (Å²) in [4.78, 5) is 8.66. The first-order valence-corrected chi connectivity index (χ1v) is 5.87. The van der Waals surface area contributed by atoms with E-state index in [1.54, 1.807) is 0 Å². The van der Waals surface area contributed by atoms with Gasteiger partial charge in [-0.05, 0) is 36.7 Å². The molecule has 2 heterocycles. The molecular formula is C14H17N3. The third-order valence-electron chi connectivity index (χ3n) is 2.62. The number of aromatic nitrogens is 2. The van der Waals surface area contributed by atoms with Crippen molar-refractivity contribution in [3.05, 3.63) is 59.7 Å². The fourth-order valence-electron chi connectivity index (χ4n) is 1.88. The van der Waals surface area contributed by atoms with Crippen LogP contribution in [0.4, 0.5) is 0 Å². The summed E-state index contributed by atoms with van der Waals surface area (Å²) in [7, 11) is 0. The standard InChI is InChI=1S/C14H17N3/c1-3-16-14(13-6-4-5-7-17-13)12-8-11(2)9-15-10-12/h4-10,14,16H,3H2,1-2H3. The van der Waals surface area contributed by atoms with Gasteiger partial charge in [-0.2, -0.15) is 0 Å². The second-order valence-corrected chi connectivity index (χ2v) is 4.04. The van der Waals surface area contributed by atoms with Crippen LogP contribution in [0, 0.1) is 6.92 Å². The van der Waals surface area contributed by atoms with Gasteiger partial charge in [-0.1, -0.05) is 19.1 Å². The summed E-state index contributed by atoms with van der Waals surface area (Å²) in [6.45, 7) is 5.05. The molecule has 1 atom stereocenters. The van der Waals surface area contributed by atoms with Crippen LogP contribution in [0.15, 0.2) is 42.9 Å². The molecule has 0 fully saturated rings. The Bertz CT molecular complexity index is 468. The van der Waals surface area contributed by atoms with Crippen molar-refractivity contribution in [3.63, 3.8) is 0 Å². The number of hydrogen-bond donors (Lipinski definition) is 1. The maximum Gasteiger partial charge on any atom is 0.0766 e. The molecule has 0 radical (unpaired) electrons. The van der Waals surface area contributed by atoms with Crippen LogP contribution in [-0.2, 0) is 0 Å². The lowest BCUT2D eigenvalue weighted by Crippen LogP contribution is -2.23. The van der Waals surface area contributed by atoms with Crippen molar-refractivity contribution in [1.29, 1.82) is 0 Å². The Balaban J connectivity index is 2.35. The Morgan fingerprint density at radius 1 is 1.29 bits per heavy atom. The number of nitrogens with one attached hydrogen (secondary N) is 1. The van der Waals surface area contributed by atoms with Crippen LogP contribution in [0.2, 0.25) is 0 Å². The molecule has 1 N–H and O–H groups in total. The molecule has 0 aliphatic carbocycles. The Morgan fingerprint density at radius 2 is 2.18 bits per heavy atom. The highest BCUT2D eigenvalue weighted by atomic mass is 14.9. The molecule has 0 aliphatic heterocycles. The van der Waals surface area contributed by atoms with Crippen molar-refractivity contribution >= 4 is 0 Å². The monoisotopic (exact) mass is 227 g/mol. The summed E-state index contributed by atoms with van der Waals surface area (Å²) in [6.07, 6.45) is 5.59. The lowest BCUT2D eigenvalue weighted by atomic mass is 10.0. The van der Waals surface area contributed by atoms with Crippen LogP contribution in [0.3, 0.4) is 0 Å². The average Bonchev–Trinajstić information content (AvgIpc) is 2.37. The second kappa shape index (κ2) is 5.55. The highest BCUT2D eigenvalue weighted by molar-refractivity contribution is 5.27. The van der Waals surface area contributed by atoms with Gasteiger partial charge in [0, 0.05) is 18.6 Å². The third kappa shape index (κ3) is 2.88. The Labute approximate surface area is 102 Å². The van der Waals surface area contributed by atoms with Crippen LogP contribution in [-0.4, -0.2) is 16.5 Å². The summed E-state index contributed by atoms with van der Waals surface area (Å²) in [5.41, 5.74) is 3.36. The lowest BCUT2D eigenvalue weighted by Gasteiger charge is -2.17. The van der Waals surface area contributed by atoms with E-state index in [1.807, 2.05) is 36.8 Å². The SMILES string of the molecule is CCNC(c1cncc(C)c1)c1ccccn1. The normalized spacial score (nSPS) is 12.4. The van der Waals surface area contributed by atoms with E-state index in [1.165, 1.54) is 5.56 Å². The fraction of sp³-hybridized carbons (Fsp3) is 0.286. The van der Waals surface area contributed by atoms with Crippen molar-refractivity contribution in [3.8, 4) is 0 Å². The second-order valence-electron chi connectivity index (χ2n) is 4.04. The molecule has 0 spiro atoms. The number of pyridine rings is 2. The predicted octanol–water partition coefficient (Wildman–Crippen LogP) is 2.48. The topological polar surface area (TPSA) is 37.8 Å². The number of hydrogen-bond acceptors (Lipinski definition) is 3. The number of aryl methyl sites for hydroxylation is 1. The zero-order chi connectivity index (χ0) is 12.1. The summed E-state index contributed by atoms with van der Waals surface area (Å²) in [6, 6.07) is 8.25. The molecule has 0 aromatic carbocycles. The maximum atomic E-state index is 4.41. The van der Waals surface area contributed by atoms with E-state index in [2.05, 4.69) is 35.2 Å². The summed E-state index contributed by atoms with van der Waals surface area (Å²) in [5, 5.41) is 3.44. The molecule has 0 bridgehead atoms. The number of nitrogens with zero attached hydrogens (tertiary/aromatic N) is 2. The highest BCUT2D eigenvalue weighted by Crippen LogP contribution is 2.19. The first-order chi connectivity index (χ1) is 8.31. The maximum absolute atomic E-state index is 4.41. The molecule has 0 aliphatic rings. The van der Waals surface area contributed by atoms with Gasteiger partial charge in [0.2, 0.25) is 0 Å². The van der Waals surface area contributed by atoms with E-state index >= 15 is 0 Å². The molecule has 1 unspecified atom stereocenters. The first kappa shape index (κ1) is 11.7. The molecule has 2 rings (SSSR count). The zero-order valence-electron chi connectivity index (χ0n) is 10.2. The molecule has 0 amide bonds. The summed E-state index contributed by atoms with van der Waals surface area (Å²) >= 11 is 0. The van der Waals surface area contributed by atoms with Gasteiger partial charge in [0.1, 0.15) is 0 Å². The quantitative estimate of drug-likeness (QED) is 0.872. The van der Waals surface area contributed by atoms with E-state index < -0.39 is 0 Å². The van der Waals surface area contributed by atoms with Crippen molar-refractivity contribution in [2.75, 3.05) is 6.54 Å². The molecular weight excluding hydrogens is 210 g/mol. The van der Waals surface area contributed by atoms with E-state index in [4.69, 9.17) is 0 Å². The van der Waals surface area contributed by atoms with E-state index in [0.717, 1.165) is 17.8 Å². The number of rotatable bonds is 4. The van der Waals surface area contributed by atoms with Gasteiger partial charge in [-0.3, -0.25) is 9.97 Å². The lowest BCUT2D eigenvalue weighted by molar-refractivity contribution is 0.613. The predicted molar refractivity (Wildman–Crippen MR) is 68.7 cm³/mol. The Hall–Kier alpha value is -1.74. The molecule has 17 heavy (non-hydrogen) atoms. The van der Waals surface area contributed by atoms with Gasteiger partial charge in [0.15, 0.2) is 0 Å². The Morgan fingerprint density at radius 3 is 2.82 bits per heavy atom. The van der Waals surface area contributed by atoms with Crippen molar-refractivity contribution in [2.24, 2.45) is 0 Å². The van der Waals surface area contributed by atoms with Gasteiger partial charge in [-0.25, -0.2) is 0 Å². The Kier molecular flexibility index (Phi) is 3.83. The van der Waals surface area contributed by atoms with Crippen LogP contribution < -0.4 is 5.32 Å². The van der Waals surface area contributed by atoms with E-state index in [0.29, 0.717) is 0 Å². The minimum atomic E-state index is 0.119. The van der Waals surface area contributed by atoms with Crippen LogP contribution in [0.1, 0.15) is 29.8 Å². The third-order valence-corrected chi connectivity index (χ3v) is 2.62. The van der Waals surface area contributed by atoms with Gasteiger partial charge in [-0.15, -0.1) is 0 Å². The van der Waals surface area contributed by atoms with Gasteiger partial charge < -0.3 is 5.32 Å². The van der Waals surface area contributed by atoms with E-state index in [-0.39, 0.29) is 6.04 Å². The van der Waals surface area contributed by atoms with Gasteiger partial charge in [0.25, 0.3) is 0 Å². The van der Waals surface area contributed by atoms with Gasteiger partial charge in [0.05, 0.1) is 11.7 Å². The zero-order valence-corrected chi connectivity index (χ0v) is 10.2. The van der Waals surface area contributed by atoms with Crippen LogP contribution in [0.25, 0.3) is 0 Å². The molecule has 88 valence electrons. The fourth-order valence-corrected chi connectivity index (χ4v) is 1.88. The van der Waals surface area contributed by atoms with Crippen molar-refractivity contribution in [1.82, 2.24) is 15.3 Å². The van der Waals surface area contributed by atoms with Crippen LogP contribution in [0.5, 0.6) is 0 Å². The molecule has 3 nitrogen and oxygen atoms in total. The minimum absolute atomic E-state index is 0.119. The van der Waals surface area contributed by atoms with E-state index in [9.17, 15) is 0 Å². The van der Waals surface area contributed by atoms with Crippen LogP contribution >= 0.6 is 0 Å². The largest absolute Gasteiger partial charge is 0.305 e. The molecule has 2 aromatic heterocycles. The first-order valence-electron chi connectivity index (χ1n) is 5.87. The molecule has 0 saturated heterocycles. The summed E-state index contributed by atoms with van der Waals surface area (Å²) < 4.78 is 0. The smallest absolute Gasteiger partial charge is 0.0766 e. The van der Waals surface area contributed by atoms with Crippen molar-refractivity contribution < 1.29 is 0 Å². The minimum Gasteiger partial charge on any atom is -0.305 e.